The largest absolute Gasteiger partial charge is 0.480 e. The second kappa shape index (κ2) is 7.34. The van der Waals surface area contributed by atoms with Gasteiger partial charge in [-0.3, -0.25) is 19.2 Å². The van der Waals surface area contributed by atoms with Crippen LogP contribution in [0.1, 0.15) is 47.5 Å². The average Bonchev–Trinajstić information content (AvgIpc) is 2.72. The molecule has 0 bridgehead atoms. The summed E-state index contributed by atoms with van der Waals surface area (Å²) >= 11 is 0. The van der Waals surface area contributed by atoms with Crippen molar-refractivity contribution in [3.8, 4) is 0 Å². The lowest BCUT2D eigenvalue weighted by atomic mass is 9.94. The molecule has 0 aliphatic carbocycles. The second-order valence-electron chi connectivity index (χ2n) is 7.95. The van der Waals surface area contributed by atoms with E-state index in [9.17, 15) is 27.6 Å². The standard InChI is InChI=1S/C17H27N3O7S/c1-6-8(2)12(14(22)18-9(3)16(24)25)19-15(23)13-17(4,5)28(26,27)11-7-10(21)20(11)13/h8-9,11-13H,6-7H2,1-5H3,(H,18,22)(H,19,23)(H,24,25). The lowest BCUT2D eigenvalue weighted by Gasteiger charge is -2.37. The van der Waals surface area contributed by atoms with E-state index in [4.69, 9.17) is 5.11 Å². The fraction of sp³-hybridized carbons (Fsp3) is 0.765. The zero-order chi connectivity index (χ0) is 21.6. The minimum Gasteiger partial charge on any atom is -0.480 e. The Bertz CT molecular complexity index is 808. The van der Waals surface area contributed by atoms with Crippen LogP contribution < -0.4 is 10.6 Å². The molecule has 5 atom stereocenters. The minimum absolute atomic E-state index is 0.152. The second-order valence-corrected chi connectivity index (χ2v) is 10.6. The third kappa shape index (κ3) is 3.36. The van der Waals surface area contributed by atoms with Crippen molar-refractivity contribution in [3.05, 3.63) is 0 Å². The topological polar surface area (TPSA) is 150 Å². The van der Waals surface area contributed by atoms with Crippen molar-refractivity contribution < 1.29 is 32.7 Å². The number of sulfone groups is 1. The number of nitrogens with one attached hydrogen (secondary N) is 2. The van der Waals surface area contributed by atoms with Gasteiger partial charge in [-0.15, -0.1) is 0 Å². The average molecular weight is 417 g/mol. The SMILES string of the molecule is CCC(C)C(NC(=O)C1N2C(=O)CC2S(=O)(=O)C1(C)C)C(=O)NC(C)C(=O)O. The Kier molecular flexibility index (Phi) is 5.80. The summed E-state index contributed by atoms with van der Waals surface area (Å²) < 4.78 is 23.8. The molecule has 28 heavy (non-hydrogen) atoms. The van der Waals surface area contributed by atoms with Crippen molar-refractivity contribution in [2.75, 3.05) is 0 Å². The van der Waals surface area contributed by atoms with Crippen LogP contribution in [0.25, 0.3) is 0 Å². The molecule has 10 nitrogen and oxygen atoms in total. The number of rotatable bonds is 7. The van der Waals surface area contributed by atoms with Gasteiger partial charge in [-0.2, -0.15) is 0 Å². The first-order valence-corrected chi connectivity index (χ1v) is 10.7. The number of fused-ring (bicyclic) bond motifs is 1. The molecule has 3 N–H and O–H groups in total. The molecule has 2 aliphatic rings. The number of carboxylic acids is 1. The Hall–Kier alpha value is -2.17. The van der Waals surface area contributed by atoms with Gasteiger partial charge in [0.25, 0.3) is 0 Å². The van der Waals surface area contributed by atoms with E-state index in [0.29, 0.717) is 6.42 Å². The van der Waals surface area contributed by atoms with E-state index < -0.39 is 61.8 Å². The molecule has 0 saturated carbocycles. The quantitative estimate of drug-likeness (QED) is 0.461. The number of carbonyl (C=O) groups excluding carboxylic acids is 3. The Morgan fingerprint density at radius 3 is 2.29 bits per heavy atom. The summed E-state index contributed by atoms with van der Waals surface area (Å²) in [6.45, 7) is 7.60. The maximum Gasteiger partial charge on any atom is 0.325 e. The van der Waals surface area contributed by atoms with Gasteiger partial charge in [0.2, 0.25) is 17.7 Å². The van der Waals surface area contributed by atoms with Gasteiger partial charge >= 0.3 is 5.97 Å². The Morgan fingerprint density at radius 2 is 1.82 bits per heavy atom. The summed E-state index contributed by atoms with van der Waals surface area (Å²) in [5.41, 5.74) is 0. The molecule has 0 aromatic rings. The molecule has 2 saturated heterocycles. The molecule has 2 fully saturated rings. The van der Waals surface area contributed by atoms with E-state index in [1.54, 1.807) is 13.8 Å². The van der Waals surface area contributed by atoms with Crippen molar-refractivity contribution in [2.45, 2.75) is 75.7 Å². The van der Waals surface area contributed by atoms with Crippen molar-refractivity contribution in [2.24, 2.45) is 5.92 Å². The molecule has 11 heteroatoms. The van der Waals surface area contributed by atoms with Crippen LogP contribution in [0.15, 0.2) is 0 Å². The number of β-lactam (4-membered cyclic amide) rings is 1. The van der Waals surface area contributed by atoms with E-state index in [1.165, 1.54) is 20.8 Å². The summed E-state index contributed by atoms with van der Waals surface area (Å²) in [6.07, 6.45) is 0.360. The minimum atomic E-state index is -3.74. The highest BCUT2D eigenvalue weighted by Crippen LogP contribution is 2.45. The first kappa shape index (κ1) is 22.1. The molecule has 0 aromatic carbocycles. The molecule has 158 valence electrons. The van der Waals surface area contributed by atoms with Crippen molar-refractivity contribution >= 4 is 33.5 Å². The van der Waals surface area contributed by atoms with Crippen LogP contribution in [0.3, 0.4) is 0 Å². The van der Waals surface area contributed by atoms with E-state index in [-0.39, 0.29) is 12.3 Å². The highest BCUT2D eigenvalue weighted by Gasteiger charge is 2.67. The lowest BCUT2D eigenvalue weighted by Crippen LogP contribution is -2.62. The van der Waals surface area contributed by atoms with E-state index >= 15 is 0 Å². The highest BCUT2D eigenvalue weighted by atomic mass is 32.2. The van der Waals surface area contributed by atoms with Crippen LogP contribution in [-0.4, -0.2) is 70.4 Å². The van der Waals surface area contributed by atoms with Crippen LogP contribution in [0.2, 0.25) is 0 Å². The molecule has 2 aliphatic heterocycles. The number of amides is 3. The number of hydrogen-bond donors (Lipinski definition) is 3. The van der Waals surface area contributed by atoms with Gasteiger partial charge in [0.05, 0.1) is 11.2 Å². The van der Waals surface area contributed by atoms with Gasteiger partial charge in [0.1, 0.15) is 23.5 Å². The summed E-state index contributed by atoms with van der Waals surface area (Å²) in [5, 5.41) is 12.8. The molecule has 2 heterocycles. The Morgan fingerprint density at radius 1 is 1.25 bits per heavy atom. The Labute approximate surface area is 163 Å². The summed E-state index contributed by atoms with van der Waals surface area (Å²) in [6, 6.07) is -3.46. The van der Waals surface area contributed by atoms with Crippen LogP contribution in [0, 0.1) is 5.92 Å². The molecule has 3 amide bonds. The van der Waals surface area contributed by atoms with Gasteiger partial charge in [-0.1, -0.05) is 20.3 Å². The zero-order valence-corrected chi connectivity index (χ0v) is 17.4. The number of hydrogen-bond acceptors (Lipinski definition) is 6. The summed E-state index contributed by atoms with van der Waals surface area (Å²) in [4.78, 5) is 49.5. The third-order valence-electron chi connectivity index (χ3n) is 5.75. The first-order valence-electron chi connectivity index (χ1n) is 9.15. The van der Waals surface area contributed by atoms with Crippen molar-refractivity contribution in [3.63, 3.8) is 0 Å². The fourth-order valence-corrected chi connectivity index (χ4v) is 5.69. The smallest absolute Gasteiger partial charge is 0.325 e. The van der Waals surface area contributed by atoms with E-state index in [2.05, 4.69) is 10.6 Å². The molecule has 0 aromatic heterocycles. The monoisotopic (exact) mass is 417 g/mol. The number of carbonyl (C=O) groups is 4. The lowest BCUT2D eigenvalue weighted by molar-refractivity contribution is -0.150. The van der Waals surface area contributed by atoms with Crippen LogP contribution in [0.5, 0.6) is 0 Å². The maximum absolute atomic E-state index is 13.0. The molecule has 0 spiro atoms. The highest BCUT2D eigenvalue weighted by molar-refractivity contribution is 7.93. The van der Waals surface area contributed by atoms with Gasteiger partial charge in [0, 0.05) is 0 Å². The van der Waals surface area contributed by atoms with Crippen LogP contribution in [0.4, 0.5) is 0 Å². The summed E-state index contributed by atoms with van der Waals surface area (Å²) in [7, 11) is -3.74. The van der Waals surface area contributed by atoms with E-state index in [1.807, 2.05) is 0 Å². The molecule has 2 rings (SSSR count). The molecular weight excluding hydrogens is 390 g/mol. The normalized spacial score (nSPS) is 27.8. The molecule has 5 unspecified atom stereocenters. The molecule has 0 radical (unpaired) electrons. The summed E-state index contributed by atoms with van der Waals surface area (Å²) in [5.74, 6) is -3.41. The maximum atomic E-state index is 13.0. The zero-order valence-electron chi connectivity index (χ0n) is 16.6. The van der Waals surface area contributed by atoms with Crippen LogP contribution in [-0.2, 0) is 29.0 Å². The number of carboxylic acid groups (broad SMARTS) is 1. The molecular formula is C17H27N3O7S. The number of nitrogens with zero attached hydrogens (tertiary/aromatic N) is 1. The first-order chi connectivity index (χ1) is 12.8. The van der Waals surface area contributed by atoms with Crippen molar-refractivity contribution in [1.82, 2.24) is 15.5 Å². The fourth-order valence-electron chi connectivity index (χ4n) is 3.55. The Balaban J connectivity index is 2.27. The van der Waals surface area contributed by atoms with Gasteiger partial charge in [-0.05, 0) is 26.7 Å². The van der Waals surface area contributed by atoms with E-state index in [0.717, 1.165) is 4.90 Å². The van der Waals surface area contributed by atoms with Gasteiger partial charge in [-0.25, -0.2) is 8.42 Å². The third-order valence-corrected chi connectivity index (χ3v) is 8.55. The predicted molar refractivity (Wildman–Crippen MR) is 98.7 cm³/mol. The van der Waals surface area contributed by atoms with Gasteiger partial charge < -0.3 is 20.6 Å². The predicted octanol–water partition coefficient (Wildman–Crippen LogP) is -0.759. The van der Waals surface area contributed by atoms with Crippen LogP contribution >= 0.6 is 0 Å². The number of aliphatic carboxylic acids is 1. The van der Waals surface area contributed by atoms with Gasteiger partial charge in [0.15, 0.2) is 9.84 Å². The van der Waals surface area contributed by atoms with Crippen molar-refractivity contribution in [1.29, 1.82) is 0 Å².